The lowest BCUT2D eigenvalue weighted by Crippen LogP contribution is -2.31. The van der Waals surface area contributed by atoms with Crippen molar-refractivity contribution in [2.45, 2.75) is 43.9 Å². The van der Waals surface area contributed by atoms with Crippen LogP contribution in [-0.2, 0) is 6.42 Å². The highest BCUT2D eigenvalue weighted by Crippen LogP contribution is 2.43. The molecule has 0 bridgehead atoms. The van der Waals surface area contributed by atoms with Gasteiger partial charge in [-0.15, -0.1) is 0 Å². The van der Waals surface area contributed by atoms with Gasteiger partial charge in [-0.25, -0.2) is 4.98 Å². The molecule has 0 spiro atoms. The Hall–Kier alpha value is -3.35. The number of fused-ring (bicyclic) bond motifs is 1. The van der Waals surface area contributed by atoms with Crippen LogP contribution in [-0.4, -0.2) is 77.5 Å². The first-order valence-electron chi connectivity index (χ1n) is 14.7. The summed E-state index contributed by atoms with van der Waals surface area (Å²) in [5.41, 5.74) is 6.89. The number of hydrogen-bond donors (Lipinski definition) is 2. The van der Waals surface area contributed by atoms with Crippen molar-refractivity contribution in [3.63, 3.8) is 0 Å². The lowest BCUT2D eigenvalue weighted by Gasteiger charge is -2.25. The zero-order valence-corrected chi connectivity index (χ0v) is 27.7. The smallest absolute Gasteiger partial charge is 0.229 e. The molecule has 2 aromatic heterocycles. The second-order valence-electron chi connectivity index (χ2n) is 11.2. The highest BCUT2D eigenvalue weighted by molar-refractivity contribution is 9.10. The highest BCUT2D eigenvalue weighted by atomic mass is 79.9. The van der Waals surface area contributed by atoms with Crippen LogP contribution in [0.4, 0.5) is 34.5 Å². The Labute approximate surface area is 265 Å². The number of hydrogen-bond acceptors (Lipinski definition) is 11. The van der Waals surface area contributed by atoms with Gasteiger partial charge in [0.05, 0.1) is 34.2 Å². The molecular weight excluding hydrogens is 626 g/mol. The van der Waals surface area contributed by atoms with Crippen LogP contribution in [0.25, 0.3) is 11.0 Å². The first-order chi connectivity index (χ1) is 20.8. The molecule has 0 amide bonds. The van der Waals surface area contributed by atoms with Gasteiger partial charge in [0.1, 0.15) is 17.1 Å². The van der Waals surface area contributed by atoms with E-state index in [2.05, 4.69) is 95.8 Å². The van der Waals surface area contributed by atoms with Gasteiger partial charge in [-0.1, -0.05) is 6.92 Å². The van der Waals surface area contributed by atoms with Crippen LogP contribution >= 0.6 is 27.9 Å². The second kappa shape index (κ2) is 12.7. The van der Waals surface area contributed by atoms with E-state index in [1.54, 1.807) is 25.7 Å². The Morgan fingerprint density at radius 1 is 1.05 bits per heavy atom. The van der Waals surface area contributed by atoms with Gasteiger partial charge in [0, 0.05) is 61.8 Å². The summed E-state index contributed by atoms with van der Waals surface area (Å²) in [7, 11) is 8.11. The van der Waals surface area contributed by atoms with E-state index in [0.717, 1.165) is 64.2 Å². The number of methoxy groups -OCH3 is 1. The molecule has 6 rings (SSSR count). The first kappa shape index (κ1) is 29.7. The number of aryl methyl sites for hydroxylation is 1. The molecule has 1 saturated heterocycles. The van der Waals surface area contributed by atoms with Crippen LogP contribution in [0, 0.1) is 0 Å². The van der Waals surface area contributed by atoms with Crippen molar-refractivity contribution < 1.29 is 4.74 Å². The molecule has 1 saturated carbocycles. The molecule has 2 aromatic carbocycles. The summed E-state index contributed by atoms with van der Waals surface area (Å²) in [6, 6.07) is 8.88. The third-order valence-electron chi connectivity index (χ3n) is 8.02. The molecule has 43 heavy (non-hydrogen) atoms. The summed E-state index contributed by atoms with van der Waals surface area (Å²) in [4.78, 5) is 23.4. The average molecular weight is 665 g/mol. The molecule has 2 fully saturated rings. The molecule has 0 radical (unpaired) electrons. The van der Waals surface area contributed by atoms with Gasteiger partial charge in [0.15, 0.2) is 0 Å². The summed E-state index contributed by atoms with van der Waals surface area (Å²) in [5.74, 6) is 1.87. The Bertz CT molecular complexity index is 1620. The number of anilines is 6. The number of aromatic nitrogens is 4. The van der Waals surface area contributed by atoms with Crippen molar-refractivity contribution in [3.05, 3.63) is 52.9 Å². The molecule has 1 aliphatic carbocycles. The third kappa shape index (κ3) is 6.46. The van der Waals surface area contributed by atoms with Gasteiger partial charge >= 0.3 is 0 Å². The van der Waals surface area contributed by atoms with Crippen LogP contribution in [0.5, 0.6) is 5.75 Å². The van der Waals surface area contributed by atoms with E-state index in [-0.39, 0.29) is 0 Å². The Balaban J connectivity index is 1.29. The molecule has 1 aliphatic heterocycles. The molecule has 2 aliphatic rings. The van der Waals surface area contributed by atoms with Gasteiger partial charge in [-0.05, 0) is 91.4 Å². The van der Waals surface area contributed by atoms with Crippen molar-refractivity contribution in [1.82, 2.24) is 24.8 Å². The molecule has 10 nitrogen and oxygen atoms in total. The van der Waals surface area contributed by atoms with E-state index < -0.39 is 0 Å². The zero-order valence-electron chi connectivity index (χ0n) is 25.3. The molecule has 1 unspecified atom stereocenters. The van der Waals surface area contributed by atoms with Crippen LogP contribution in [0.1, 0.15) is 31.7 Å². The molecule has 2 N–H and O–H groups in total. The molecule has 226 valence electrons. The minimum absolute atomic E-state index is 0.468. The van der Waals surface area contributed by atoms with Crippen molar-refractivity contribution in [2.75, 3.05) is 61.2 Å². The van der Waals surface area contributed by atoms with E-state index in [0.29, 0.717) is 23.1 Å². The van der Waals surface area contributed by atoms with Crippen molar-refractivity contribution in [3.8, 4) is 5.75 Å². The standard InChI is InChI=1S/C31H38BrN9OS/c1-6-19-15-25(27(42-5)16-26(19)41-14-11-20(18-41)39(2)3)37-31-35-17-22(32)30(38-31)36-24-10-9-23-28(34-13-12-33-23)29(24)40(4)43-21-7-8-21/h9-10,12-13,15-17,20-21H,6-8,11,14,18H2,1-5H3,(H2,35,36,37,38). The van der Waals surface area contributed by atoms with Gasteiger partial charge in [0.25, 0.3) is 0 Å². The summed E-state index contributed by atoms with van der Waals surface area (Å²) in [6.45, 7) is 4.24. The average Bonchev–Trinajstić information content (AvgIpc) is 3.68. The maximum Gasteiger partial charge on any atom is 0.229 e. The Morgan fingerprint density at radius 2 is 1.86 bits per heavy atom. The molecule has 1 atom stereocenters. The molecule has 12 heteroatoms. The number of halogens is 1. The number of benzene rings is 2. The largest absolute Gasteiger partial charge is 0.494 e. The fourth-order valence-electron chi connectivity index (χ4n) is 5.49. The van der Waals surface area contributed by atoms with Crippen LogP contribution in [0.3, 0.4) is 0 Å². The number of nitrogens with zero attached hydrogens (tertiary/aromatic N) is 7. The number of rotatable bonds is 11. The predicted molar refractivity (Wildman–Crippen MR) is 182 cm³/mol. The number of nitrogens with one attached hydrogen (secondary N) is 2. The molecule has 4 aromatic rings. The monoisotopic (exact) mass is 663 g/mol. The van der Waals surface area contributed by atoms with Gasteiger partial charge in [-0.3, -0.25) is 9.97 Å². The lowest BCUT2D eigenvalue weighted by molar-refractivity contribution is 0.315. The van der Waals surface area contributed by atoms with Crippen molar-refractivity contribution in [1.29, 1.82) is 0 Å². The van der Waals surface area contributed by atoms with E-state index in [1.807, 2.05) is 24.1 Å². The van der Waals surface area contributed by atoms with Crippen LogP contribution in [0.15, 0.2) is 47.3 Å². The van der Waals surface area contributed by atoms with Crippen molar-refractivity contribution in [2.24, 2.45) is 0 Å². The molecule has 3 heterocycles. The predicted octanol–water partition coefficient (Wildman–Crippen LogP) is 6.63. The van der Waals surface area contributed by atoms with Gasteiger partial charge < -0.3 is 29.5 Å². The number of likely N-dealkylation sites (N-methyl/N-ethyl adjacent to an activating group) is 1. The summed E-state index contributed by atoms with van der Waals surface area (Å²) >= 11 is 5.49. The van der Waals surface area contributed by atoms with E-state index in [1.165, 1.54) is 24.1 Å². The first-order valence-corrected chi connectivity index (χ1v) is 16.3. The third-order valence-corrected chi connectivity index (χ3v) is 9.87. The van der Waals surface area contributed by atoms with E-state index in [9.17, 15) is 0 Å². The second-order valence-corrected chi connectivity index (χ2v) is 13.5. The summed E-state index contributed by atoms with van der Waals surface area (Å²) in [6.07, 6.45) is 9.75. The lowest BCUT2D eigenvalue weighted by atomic mass is 10.1. The Kier molecular flexibility index (Phi) is 8.78. The van der Waals surface area contributed by atoms with Crippen molar-refractivity contribution >= 4 is 73.4 Å². The van der Waals surface area contributed by atoms with Crippen LogP contribution in [0.2, 0.25) is 0 Å². The maximum absolute atomic E-state index is 5.86. The topological polar surface area (TPSA) is 94.6 Å². The summed E-state index contributed by atoms with van der Waals surface area (Å²) in [5, 5.41) is 7.61. The quantitative estimate of drug-likeness (QED) is 0.169. The van der Waals surface area contributed by atoms with E-state index in [4.69, 9.17) is 9.72 Å². The zero-order chi connectivity index (χ0) is 30.1. The Morgan fingerprint density at radius 3 is 2.58 bits per heavy atom. The SMILES string of the molecule is CCc1cc(Nc2ncc(Br)c(Nc3ccc4nccnc4c3N(C)SC3CC3)n2)c(OC)cc1N1CCC(N(C)C)C1. The highest BCUT2D eigenvalue weighted by Gasteiger charge is 2.28. The maximum atomic E-state index is 5.86. The minimum atomic E-state index is 0.468. The van der Waals surface area contributed by atoms with Crippen LogP contribution < -0.4 is 24.6 Å². The fourth-order valence-corrected chi connectivity index (χ4v) is 6.87. The van der Waals surface area contributed by atoms with Gasteiger partial charge in [0.2, 0.25) is 5.95 Å². The van der Waals surface area contributed by atoms with E-state index >= 15 is 0 Å². The minimum Gasteiger partial charge on any atom is -0.494 e. The van der Waals surface area contributed by atoms with Gasteiger partial charge in [-0.2, -0.15) is 4.98 Å². The fraction of sp³-hybridized carbons (Fsp3) is 0.419. The number of ether oxygens (including phenoxy) is 1. The summed E-state index contributed by atoms with van der Waals surface area (Å²) < 4.78 is 8.81. The normalized spacial score (nSPS) is 16.6. The molecular formula is C31H38BrN9OS.